The van der Waals surface area contributed by atoms with Crippen LogP contribution in [-0.2, 0) is 30.8 Å². The molecule has 0 saturated carbocycles. The van der Waals surface area contributed by atoms with Crippen LogP contribution < -0.4 is 16.3 Å². The molecule has 0 bridgehead atoms. The van der Waals surface area contributed by atoms with Gasteiger partial charge in [-0.3, -0.25) is 24.0 Å². The molecule has 1 aromatic heterocycles. The Labute approximate surface area is 221 Å². The van der Waals surface area contributed by atoms with Gasteiger partial charge in [0.05, 0.1) is 17.6 Å². The summed E-state index contributed by atoms with van der Waals surface area (Å²) >= 11 is 0. The molecule has 206 valence electrons. The number of hydrogen-bond acceptors (Lipinski definition) is 7. The third-order valence-corrected chi connectivity index (χ3v) is 5.73. The Kier molecular flexibility index (Phi) is 10.1. The Morgan fingerprint density at radius 1 is 1.11 bits per heavy atom. The first-order valence-electron chi connectivity index (χ1n) is 12.7. The van der Waals surface area contributed by atoms with Crippen LogP contribution in [0.15, 0.2) is 23.0 Å². The maximum absolute atomic E-state index is 12.8. The van der Waals surface area contributed by atoms with Crippen LogP contribution in [0.4, 0.5) is 4.79 Å². The molecule has 1 aliphatic heterocycles. The minimum atomic E-state index is -0.716. The van der Waals surface area contributed by atoms with Gasteiger partial charge in [0.25, 0.3) is 0 Å². The molecule has 38 heavy (non-hydrogen) atoms. The van der Waals surface area contributed by atoms with E-state index in [1.807, 2.05) is 20.8 Å². The molecule has 1 fully saturated rings. The average molecular weight is 529 g/mol. The number of fused-ring (bicyclic) bond motifs is 1. The second kappa shape index (κ2) is 13.3. The number of imide groups is 1. The normalized spacial score (nSPS) is 15.6. The molecule has 0 aliphatic carbocycles. The van der Waals surface area contributed by atoms with Gasteiger partial charge in [0.1, 0.15) is 18.2 Å². The predicted molar refractivity (Wildman–Crippen MR) is 141 cm³/mol. The molecule has 0 spiro atoms. The SMILES string of the molecule is Cn1c(=O)n(C2CCC(=O)NC2=O)c2ccc(C#CCOCCCOCCCNC(=O)OC(C)(C)C)cc21. The number of alkyl carbamates (subject to hydrolysis) is 1. The minimum Gasteiger partial charge on any atom is -0.444 e. The molecule has 2 aromatic rings. The van der Waals surface area contributed by atoms with Gasteiger partial charge in [0.15, 0.2) is 0 Å². The van der Waals surface area contributed by atoms with Crippen LogP contribution >= 0.6 is 0 Å². The highest BCUT2D eigenvalue weighted by Crippen LogP contribution is 2.23. The lowest BCUT2D eigenvalue weighted by atomic mass is 10.1. The number of carbonyl (C=O) groups excluding carboxylic acids is 3. The van der Waals surface area contributed by atoms with Crippen molar-refractivity contribution in [2.45, 2.75) is 58.1 Å². The summed E-state index contributed by atoms with van der Waals surface area (Å²) in [5.41, 5.74) is 1.18. The fourth-order valence-electron chi connectivity index (χ4n) is 3.98. The Bertz CT molecular complexity index is 1280. The van der Waals surface area contributed by atoms with Gasteiger partial charge < -0.3 is 19.5 Å². The molecule has 3 amide bonds. The molecule has 1 atom stereocenters. The number of imidazole rings is 1. The van der Waals surface area contributed by atoms with E-state index >= 15 is 0 Å². The van der Waals surface area contributed by atoms with Crippen molar-refractivity contribution in [3.05, 3.63) is 34.2 Å². The van der Waals surface area contributed by atoms with Gasteiger partial charge in [-0.2, -0.15) is 0 Å². The number of ether oxygens (including phenoxy) is 3. The van der Waals surface area contributed by atoms with E-state index in [0.29, 0.717) is 50.2 Å². The molecular formula is C27H36N4O7. The number of piperidine rings is 1. The molecule has 1 aromatic carbocycles. The first-order chi connectivity index (χ1) is 18.1. The average Bonchev–Trinajstić information content (AvgIpc) is 3.08. The van der Waals surface area contributed by atoms with Crippen molar-refractivity contribution < 1.29 is 28.6 Å². The Morgan fingerprint density at radius 3 is 2.58 bits per heavy atom. The summed E-state index contributed by atoms with van der Waals surface area (Å²) in [5.74, 6) is 5.22. The van der Waals surface area contributed by atoms with Gasteiger partial charge in [0.2, 0.25) is 11.8 Å². The molecule has 3 rings (SSSR count). The lowest BCUT2D eigenvalue weighted by Gasteiger charge is -2.21. The Hall–Kier alpha value is -3.62. The van der Waals surface area contributed by atoms with E-state index in [1.54, 1.807) is 25.2 Å². The number of amides is 3. The molecule has 0 radical (unpaired) electrons. The number of hydrogen-bond donors (Lipinski definition) is 2. The number of benzene rings is 1. The first-order valence-corrected chi connectivity index (χ1v) is 12.7. The summed E-state index contributed by atoms with van der Waals surface area (Å²) in [7, 11) is 1.65. The van der Waals surface area contributed by atoms with E-state index in [0.717, 1.165) is 12.0 Å². The fraction of sp³-hybridized carbons (Fsp3) is 0.556. The van der Waals surface area contributed by atoms with Crippen molar-refractivity contribution in [1.82, 2.24) is 19.8 Å². The van der Waals surface area contributed by atoms with Gasteiger partial charge in [-0.15, -0.1) is 0 Å². The number of rotatable bonds is 10. The molecule has 1 saturated heterocycles. The highest BCUT2D eigenvalue weighted by atomic mass is 16.6. The van der Waals surface area contributed by atoms with E-state index in [9.17, 15) is 19.2 Å². The molecule has 11 nitrogen and oxygen atoms in total. The monoisotopic (exact) mass is 528 g/mol. The van der Waals surface area contributed by atoms with Crippen molar-refractivity contribution in [1.29, 1.82) is 0 Å². The van der Waals surface area contributed by atoms with Crippen LogP contribution in [0.5, 0.6) is 0 Å². The van der Waals surface area contributed by atoms with E-state index in [1.165, 1.54) is 9.13 Å². The summed E-state index contributed by atoms with van der Waals surface area (Å²) in [6.45, 7) is 7.79. The Morgan fingerprint density at radius 2 is 1.84 bits per heavy atom. The third-order valence-electron chi connectivity index (χ3n) is 5.73. The smallest absolute Gasteiger partial charge is 0.407 e. The van der Waals surface area contributed by atoms with Crippen molar-refractivity contribution in [3.63, 3.8) is 0 Å². The molecule has 1 aliphatic rings. The van der Waals surface area contributed by atoms with E-state index < -0.39 is 23.6 Å². The fourth-order valence-corrected chi connectivity index (χ4v) is 3.98. The zero-order valence-electron chi connectivity index (χ0n) is 22.4. The molecule has 1 unspecified atom stereocenters. The van der Waals surface area contributed by atoms with Crippen LogP contribution in [-0.4, -0.2) is 65.6 Å². The third kappa shape index (κ3) is 8.19. The lowest BCUT2D eigenvalue weighted by Crippen LogP contribution is -2.44. The summed E-state index contributed by atoms with van der Waals surface area (Å²) in [4.78, 5) is 48.1. The van der Waals surface area contributed by atoms with Crippen LogP contribution in [0.3, 0.4) is 0 Å². The quantitative estimate of drug-likeness (QED) is 0.274. The number of aryl methyl sites for hydroxylation is 1. The first kappa shape index (κ1) is 28.9. The molecule has 11 heteroatoms. The molecule has 2 heterocycles. The van der Waals surface area contributed by atoms with Crippen molar-refractivity contribution in [2.75, 3.05) is 33.0 Å². The van der Waals surface area contributed by atoms with Gasteiger partial charge in [-0.25, -0.2) is 9.59 Å². The maximum Gasteiger partial charge on any atom is 0.407 e. The van der Waals surface area contributed by atoms with E-state index in [4.69, 9.17) is 14.2 Å². The molecule has 2 N–H and O–H groups in total. The largest absolute Gasteiger partial charge is 0.444 e. The minimum absolute atomic E-state index is 0.197. The number of carbonyl (C=O) groups is 3. The molecular weight excluding hydrogens is 492 g/mol. The summed E-state index contributed by atoms with van der Waals surface area (Å²) in [6, 6.07) is 4.65. The van der Waals surface area contributed by atoms with E-state index in [-0.39, 0.29) is 24.6 Å². The van der Waals surface area contributed by atoms with Crippen LogP contribution in [0.2, 0.25) is 0 Å². The van der Waals surface area contributed by atoms with Crippen molar-refractivity contribution in [3.8, 4) is 11.8 Å². The van der Waals surface area contributed by atoms with Gasteiger partial charge in [-0.1, -0.05) is 11.8 Å². The maximum atomic E-state index is 12.8. The van der Waals surface area contributed by atoms with Crippen molar-refractivity contribution >= 4 is 28.9 Å². The van der Waals surface area contributed by atoms with Gasteiger partial charge >= 0.3 is 11.8 Å². The summed E-state index contributed by atoms with van der Waals surface area (Å²) in [6.07, 6.45) is 1.48. The standard InChI is InChI=1S/C27H36N4O7/c1-27(2,3)38-25(34)28-13-6-15-37-17-7-16-36-14-5-8-19-9-10-20-22(18-19)30(4)26(35)31(20)21-11-12-23(32)29-24(21)33/h9-10,18,21H,6-7,11-17H2,1-4H3,(H,28,34)(H,29,32,33). The van der Waals surface area contributed by atoms with Crippen LogP contribution in [0.1, 0.15) is 58.1 Å². The van der Waals surface area contributed by atoms with Crippen LogP contribution in [0.25, 0.3) is 11.0 Å². The Balaban J connectivity index is 1.38. The van der Waals surface area contributed by atoms with E-state index in [2.05, 4.69) is 22.5 Å². The van der Waals surface area contributed by atoms with Crippen LogP contribution in [0, 0.1) is 11.8 Å². The summed E-state index contributed by atoms with van der Waals surface area (Å²) in [5, 5.41) is 4.99. The van der Waals surface area contributed by atoms with Crippen molar-refractivity contribution in [2.24, 2.45) is 7.05 Å². The zero-order chi connectivity index (χ0) is 27.7. The second-order valence-electron chi connectivity index (χ2n) is 9.98. The van der Waals surface area contributed by atoms with Gasteiger partial charge in [0, 0.05) is 38.8 Å². The number of aromatic nitrogens is 2. The topological polar surface area (TPSA) is 130 Å². The lowest BCUT2D eigenvalue weighted by molar-refractivity contribution is -0.135. The highest BCUT2D eigenvalue weighted by Gasteiger charge is 2.31. The van der Waals surface area contributed by atoms with Gasteiger partial charge in [-0.05, 0) is 58.2 Å². The zero-order valence-corrected chi connectivity index (χ0v) is 22.4. The summed E-state index contributed by atoms with van der Waals surface area (Å²) < 4.78 is 19.2. The highest BCUT2D eigenvalue weighted by molar-refractivity contribution is 6.00. The number of nitrogens with zero attached hydrogens (tertiary/aromatic N) is 2. The predicted octanol–water partition coefficient (Wildman–Crippen LogP) is 2.01. The number of nitrogens with one attached hydrogen (secondary N) is 2. The second-order valence-corrected chi connectivity index (χ2v) is 9.98.